The van der Waals surface area contributed by atoms with Crippen LogP contribution >= 0.6 is 0 Å². The lowest BCUT2D eigenvalue weighted by molar-refractivity contribution is 0.485. The van der Waals surface area contributed by atoms with Crippen LogP contribution in [0, 0.1) is 0 Å². The van der Waals surface area contributed by atoms with Crippen LogP contribution in [0.4, 0.5) is 5.82 Å². The van der Waals surface area contributed by atoms with Gasteiger partial charge in [0.15, 0.2) is 0 Å². The summed E-state index contributed by atoms with van der Waals surface area (Å²) in [4.78, 5) is 19.0. The molecule has 0 atom stereocenters. The molecule has 5 nitrogen and oxygen atoms in total. The number of nitrogens with zero attached hydrogens (tertiary/aromatic N) is 4. The first-order valence-electron chi connectivity index (χ1n) is 7.31. The number of H-pyrrole nitrogens is 1. The lowest BCUT2D eigenvalue weighted by Crippen LogP contribution is -2.34. The van der Waals surface area contributed by atoms with Crippen molar-refractivity contribution in [3.05, 3.63) is 36.3 Å². The highest BCUT2D eigenvalue weighted by atomic mass is 15.2. The maximum atomic E-state index is 4.68. The minimum Gasteiger partial charge on any atom is -0.356 e. The first-order valence-corrected chi connectivity index (χ1v) is 7.31. The number of aromatic nitrogens is 4. The van der Waals surface area contributed by atoms with Gasteiger partial charge in [-0.15, -0.1) is 0 Å². The normalized spacial score (nSPS) is 16.9. The van der Waals surface area contributed by atoms with E-state index in [2.05, 4.69) is 38.7 Å². The van der Waals surface area contributed by atoms with Crippen LogP contribution in [0.3, 0.4) is 0 Å². The van der Waals surface area contributed by atoms with Crippen LogP contribution in [-0.4, -0.2) is 33.0 Å². The Hall–Kier alpha value is -1.91. The smallest absolute Gasteiger partial charge is 0.133 e. The van der Waals surface area contributed by atoms with Crippen molar-refractivity contribution in [3.63, 3.8) is 0 Å². The lowest BCUT2D eigenvalue weighted by atomic mass is 9.96. The van der Waals surface area contributed by atoms with E-state index in [4.69, 9.17) is 0 Å². The van der Waals surface area contributed by atoms with E-state index in [1.807, 2.05) is 24.7 Å². The monoisotopic (exact) mass is 271 g/mol. The van der Waals surface area contributed by atoms with Crippen molar-refractivity contribution < 1.29 is 0 Å². The molecule has 0 aromatic carbocycles. The molecular weight excluding hydrogens is 250 g/mol. The topological polar surface area (TPSA) is 57.7 Å². The van der Waals surface area contributed by atoms with Crippen LogP contribution in [0.1, 0.15) is 50.2 Å². The van der Waals surface area contributed by atoms with Crippen molar-refractivity contribution >= 4 is 5.82 Å². The Morgan fingerprint density at radius 2 is 2.00 bits per heavy atom. The number of imidazole rings is 1. The maximum Gasteiger partial charge on any atom is 0.133 e. The molecule has 106 valence electrons. The summed E-state index contributed by atoms with van der Waals surface area (Å²) < 4.78 is 0. The Bertz CT molecular complexity index is 541. The van der Waals surface area contributed by atoms with Crippen LogP contribution in [-0.2, 0) is 0 Å². The average molecular weight is 271 g/mol. The van der Waals surface area contributed by atoms with Gasteiger partial charge >= 0.3 is 0 Å². The summed E-state index contributed by atoms with van der Waals surface area (Å²) in [5.74, 6) is 4.02. The number of nitrogens with one attached hydrogen (secondary N) is 1. The molecule has 0 unspecified atom stereocenters. The fourth-order valence-corrected chi connectivity index (χ4v) is 2.70. The Labute approximate surface area is 119 Å². The summed E-state index contributed by atoms with van der Waals surface area (Å²) in [5, 5.41) is 0. The molecule has 0 bridgehead atoms. The third-order valence-electron chi connectivity index (χ3n) is 3.90. The van der Waals surface area contributed by atoms with E-state index in [0.29, 0.717) is 11.8 Å². The summed E-state index contributed by atoms with van der Waals surface area (Å²) in [6.07, 6.45) is 7.85. The van der Waals surface area contributed by atoms with Crippen molar-refractivity contribution in [1.29, 1.82) is 0 Å². The van der Waals surface area contributed by atoms with Crippen LogP contribution in [0.15, 0.2) is 24.7 Å². The summed E-state index contributed by atoms with van der Waals surface area (Å²) in [6.45, 7) is 6.31. The molecule has 2 aromatic rings. The summed E-state index contributed by atoms with van der Waals surface area (Å²) >= 11 is 0. The Morgan fingerprint density at radius 1 is 1.20 bits per heavy atom. The highest BCUT2D eigenvalue weighted by Gasteiger charge is 2.23. The third-order valence-corrected chi connectivity index (χ3v) is 3.90. The van der Waals surface area contributed by atoms with Crippen molar-refractivity contribution in [2.75, 3.05) is 18.0 Å². The summed E-state index contributed by atoms with van der Waals surface area (Å²) in [5.41, 5.74) is 0. The van der Waals surface area contributed by atoms with E-state index in [9.17, 15) is 0 Å². The minimum atomic E-state index is 0.371. The van der Waals surface area contributed by atoms with E-state index < -0.39 is 0 Å². The lowest BCUT2D eigenvalue weighted by Gasteiger charge is -2.32. The molecule has 1 fully saturated rings. The Morgan fingerprint density at radius 3 is 2.65 bits per heavy atom. The third kappa shape index (κ3) is 2.66. The van der Waals surface area contributed by atoms with E-state index >= 15 is 0 Å². The van der Waals surface area contributed by atoms with Gasteiger partial charge in [-0.25, -0.2) is 15.0 Å². The molecule has 0 saturated carbocycles. The molecule has 3 rings (SSSR count). The number of aromatic amines is 1. The number of rotatable bonds is 3. The van der Waals surface area contributed by atoms with Gasteiger partial charge < -0.3 is 9.88 Å². The molecule has 20 heavy (non-hydrogen) atoms. The first-order chi connectivity index (χ1) is 9.74. The second-order valence-corrected chi connectivity index (χ2v) is 5.66. The molecule has 3 heterocycles. The molecular formula is C15H21N5. The molecule has 0 aliphatic carbocycles. The zero-order valence-electron chi connectivity index (χ0n) is 12.1. The van der Waals surface area contributed by atoms with Gasteiger partial charge in [0.05, 0.1) is 0 Å². The molecule has 0 spiro atoms. The van der Waals surface area contributed by atoms with E-state index in [-0.39, 0.29) is 0 Å². The molecule has 1 aliphatic heterocycles. The number of piperidine rings is 1. The molecule has 1 aliphatic rings. The number of anilines is 1. The predicted octanol–water partition coefficient (Wildman–Crippen LogP) is 2.71. The molecule has 5 heteroatoms. The fraction of sp³-hybridized carbons (Fsp3) is 0.533. The van der Waals surface area contributed by atoms with Crippen LogP contribution < -0.4 is 4.90 Å². The van der Waals surface area contributed by atoms with Crippen LogP contribution in [0.25, 0.3) is 0 Å². The average Bonchev–Trinajstić information content (AvgIpc) is 3.02. The van der Waals surface area contributed by atoms with E-state index in [1.54, 1.807) is 0 Å². The minimum absolute atomic E-state index is 0.371. The molecule has 1 saturated heterocycles. The standard InChI is InChI=1S/C15H21N5/c1-11(2)14-16-6-3-13(19-14)20-9-4-12(5-10-20)15-17-7-8-18-15/h3,6-8,11-12H,4-5,9-10H2,1-2H3,(H,17,18). The van der Waals surface area contributed by atoms with Gasteiger partial charge in [0.1, 0.15) is 17.5 Å². The first kappa shape index (κ1) is 13.1. The molecule has 2 aromatic heterocycles. The fourth-order valence-electron chi connectivity index (χ4n) is 2.70. The van der Waals surface area contributed by atoms with Crippen molar-refractivity contribution in [1.82, 2.24) is 19.9 Å². The summed E-state index contributed by atoms with van der Waals surface area (Å²) in [7, 11) is 0. The molecule has 0 radical (unpaired) electrons. The van der Waals surface area contributed by atoms with Crippen molar-refractivity contribution in [2.45, 2.75) is 38.5 Å². The number of hydrogen-bond acceptors (Lipinski definition) is 4. The maximum absolute atomic E-state index is 4.68. The van der Waals surface area contributed by atoms with Gasteiger partial charge in [-0.3, -0.25) is 0 Å². The second-order valence-electron chi connectivity index (χ2n) is 5.66. The largest absolute Gasteiger partial charge is 0.356 e. The van der Waals surface area contributed by atoms with Gasteiger partial charge in [-0.05, 0) is 18.9 Å². The predicted molar refractivity (Wildman–Crippen MR) is 78.9 cm³/mol. The van der Waals surface area contributed by atoms with E-state index in [0.717, 1.165) is 43.4 Å². The van der Waals surface area contributed by atoms with Gasteiger partial charge in [0.25, 0.3) is 0 Å². The van der Waals surface area contributed by atoms with E-state index in [1.165, 1.54) is 0 Å². The highest BCUT2D eigenvalue weighted by molar-refractivity contribution is 5.38. The van der Waals surface area contributed by atoms with Crippen molar-refractivity contribution in [3.8, 4) is 0 Å². The highest BCUT2D eigenvalue weighted by Crippen LogP contribution is 2.27. The Balaban J connectivity index is 1.67. The van der Waals surface area contributed by atoms with Gasteiger partial charge in [-0.2, -0.15) is 0 Å². The second kappa shape index (κ2) is 5.61. The molecule has 1 N–H and O–H groups in total. The molecule has 0 amide bonds. The summed E-state index contributed by atoms with van der Waals surface area (Å²) in [6, 6.07) is 2.01. The Kier molecular flexibility index (Phi) is 3.67. The quantitative estimate of drug-likeness (QED) is 0.932. The van der Waals surface area contributed by atoms with Crippen LogP contribution in [0.5, 0.6) is 0 Å². The van der Waals surface area contributed by atoms with Crippen molar-refractivity contribution in [2.24, 2.45) is 0 Å². The van der Waals surface area contributed by atoms with Gasteiger partial charge in [-0.1, -0.05) is 13.8 Å². The SMILES string of the molecule is CC(C)c1nccc(N2CCC(c3ncc[nH]3)CC2)n1. The van der Waals surface area contributed by atoms with Gasteiger partial charge in [0, 0.05) is 43.5 Å². The van der Waals surface area contributed by atoms with Crippen LogP contribution in [0.2, 0.25) is 0 Å². The zero-order chi connectivity index (χ0) is 13.9. The zero-order valence-corrected chi connectivity index (χ0v) is 12.1. The van der Waals surface area contributed by atoms with Gasteiger partial charge in [0.2, 0.25) is 0 Å². The number of hydrogen-bond donors (Lipinski definition) is 1.